The van der Waals surface area contributed by atoms with Gasteiger partial charge in [-0.2, -0.15) is 9.40 Å². The predicted molar refractivity (Wildman–Crippen MR) is 147 cm³/mol. The van der Waals surface area contributed by atoms with Gasteiger partial charge >= 0.3 is 0 Å². The molecule has 0 bridgehead atoms. The van der Waals surface area contributed by atoms with Crippen LogP contribution in [0.25, 0.3) is 5.69 Å². The number of sulfonamides is 1. The van der Waals surface area contributed by atoms with Crippen molar-refractivity contribution in [1.29, 1.82) is 0 Å². The normalized spacial score (nSPS) is 15.8. The number of rotatable bonds is 6. The summed E-state index contributed by atoms with van der Waals surface area (Å²) >= 11 is 0. The minimum atomic E-state index is -3.72. The van der Waals surface area contributed by atoms with E-state index in [1.165, 1.54) is 11.1 Å². The van der Waals surface area contributed by atoms with E-state index in [1.807, 2.05) is 63.2 Å². The monoisotopic (exact) mass is 514 g/mol. The lowest BCUT2D eigenvalue weighted by atomic mass is 9.92. The number of piperazine rings is 1. The van der Waals surface area contributed by atoms with Gasteiger partial charge in [0.15, 0.2) is 0 Å². The molecule has 0 atom stereocenters. The van der Waals surface area contributed by atoms with Crippen molar-refractivity contribution in [3.8, 4) is 5.69 Å². The van der Waals surface area contributed by atoms with E-state index in [1.54, 1.807) is 15.2 Å². The van der Waals surface area contributed by atoms with Crippen molar-refractivity contribution < 1.29 is 8.42 Å². The van der Waals surface area contributed by atoms with Crippen LogP contribution in [0, 0.1) is 0 Å². The lowest BCUT2D eigenvalue weighted by Crippen LogP contribution is -2.50. The first-order valence-corrected chi connectivity index (χ1v) is 14.2. The highest BCUT2D eigenvalue weighted by atomic mass is 32.2. The topological polar surface area (TPSA) is 58.4 Å². The first-order chi connectivity index (χ1) is 17.7. The predicted octanol–water partition coefficient (Wildman–Crippen LogP) is 5.27. The summed E-state index contributed by atoms with van der Waals surface area (Å²) in [7, 11) is -3.72. The van der Waals surface area contributed by atoms with Crippen molar-refractivity contribution >= 4 is 10.0 Å². The Morgan fingerprint density at radius 3 is 1.70 bits per heavy atom. The van der Waals surface area contributed by atoms with Crippen LogP contribution < -0.4 is 0 Å². The molecule has 5 rings (SSSR count). The second-order valence-corrected chi connectivity index (χ2v) is 12.4. The SMILES string of the molecule is CC(C)(C)c1nn(-c2ccccc2)cc1S(=O)(=O)N1CCN(C(c2ccccc2)c2ccccc2)CC1. The standard InChI is InChI=1S/C30H34N4O2S/c1-30(2,3)29-27(23-34(31-29)26-17-11-6-12-18-26)37(35,36)33-21-19-32(20-22-33)28(24-13-7-4-8-14-24)25-15-9-5-10-16-25/h4-18,23,28H,19-22H2,1-3H3. The highest BCUT2D eigenvalue weighted by Crippen LogP contribution is 2.33. The second kappa shape index (κ2) is 10.2. The van der Waals surface area contributed by atoms with Crippen molar-refractivity contribution in [3.63, 3.8) is 0 Å². The van der Waals surface area contributed by atoms with Gasteiger partial charge in [0.2, 0.25) is 10.0 Å². The van der Waals surface area contributed by atoms with Crippen LogP contribution in [0.5, 0.6) is 0 Å². The number of nitrogens with zero attached hydrogens (tertiary/aromatic N) is 4. The van der Waals surface area contributed by atoms with Crippen molar-refractivity contribution in [2.45, 2.75) is 37.1 Å². The van der Waals surface area contributed by atoms with Crippen LogP contribution in [-0.4, -0.2) is 53.6 Å². The number of para-hydroxylation sites is 1. The molecule has 0 amide bonds. The molecule has 0 saturated carbocycles. The summed E-state index contributed by atoms with van der Waals surface area (Å²) in [6, 6.07) is 30.6. The molecule has 0 aliphatic carbocycles. The minimum Gasteiger partial charge on any atom is -0.290 e. The molecule has 2 heterocycles. The van der Waals surface area contributed by atoms with E-state index in [2.05, 4.69) is 53.4 Å². The van der Waals surface area contributed by atoms with Crippen molar-refractivity contribution in [3.05, 3.63) is 114 Å². The van der Waals surface area contributed by atoms with E-state index in [0.717, 1.165) is 5.69 Å². The zero-order chi connectivity index (χ0) is 26.0. The highest BCUT2D eigenvalue weighted by molar-refractivity contribution is 7.89. The van der Waals surface area contributed by atoms with Gasteiger partial charge in [-0.1, -0.05) is 99.6 Å². The van der Waals surface area contributed by atoms with Gasteiger partial charge in [0, 0.05) is 31.6 Å². The molecule has 0 N–H and O–H groups in total. The summed E-state index contributed by atoms with van der Waals surface area (Å²) in [5, 5.41) is 4.74. The van der Waals surface area contributed by atoms with E-state index in [4.69, 9.17) is 5.10 Å². The second-order valence-electron chi connectivity index (χ2n) is 10.5. The van der Waals surface area contributed by atoms with E-state index in [9.17, 15) is 8.42 Å². The first kappa shape index (κ1) is 25.4. The van der Waals surface area contributed by atoms with Gasteiger partial charge in [0.25, 0.3) is 0 Å². The van der Waals surface area contributed by atoms with E-state index < -0.39 is 15.4 Å². The van der Waals surface area contributed by atoms with Crippen LogP contribution in [0.1, 0.15) is 43.6 Å². The summed E-state index contributed by atoms with van der Waals surface area (Å²) in [4.78, 5) is 2.68. The Morgan fingerprint density at radius 1 is 0.730 bits per heavy atom. The van der Waals surface area contributed by atoms with Gasteiger partial charge in [0.05, 0.1) is 23.6 Å². The van der Waals surface area contributed by atoms with Gasteiger partial charge < -0.3 is 0 Å². The average Bonchev–Trinajstić information content (AvgIpc) is 3.39. The van der Waals surface area contributed by atoms with Crippen LogP contribution in [0.15, 0.2) is 102 Å². The molecule has 1 aliphatic heterocycles. The van der Waals surface area contributed by atoms with Gasteiger partial charge in [-0.25, -0.2) is 13.1 Å². The van der Waals surface area contributed by atoms with Crippen molar-refractivity contribution in [1.82, 2.24) is 19.0 Å². The molecule has 1 aliphatic rings. The molecular formula is C30H34N4O2S. The first-order valence-electron chi connectivity index (χ1n) is 12.7. The maximum absolute atomic E-state index is 14.0. The smallest absolute Gasteiger partial charge is 0.246 e. The molecule has 6 nitrogen and oxygen atoms in total. The number of hydrogen-bond acceptors (Lipinski definition) is 4. The lowest BCUT2D eigenvalue weighted by molar-refractivity contribution is 0.155. The summed E-state index contributed by atoms with van der Waals surface area (Å²) in [6.07, 6.45) is 1.67. The lowest BCUT2D eigenvalue weighted by Gasteiger charge is -2.39. The number of aromatic nitrogens is 2. The van der Waals surface area contributed by atoms with Crippen LogP contribution in [0.3, 0.4) is 0 Å². The Kier molecular flexibility index (Phi) is 7.03. The largest absolute Gasteiger partial charge is 0.290 e. The Bertz CT molecular complexity index is 1380. The van der Waals surface area contributed by atoms with Crippen molar-refractivity contribution in [2.75, 3.05) is 26.2 Å². The molecule has 1 fully saturated rings. The average molecular weight is 515 g/mol. The Balaban J connectivity index is 1.42. The van der Waals surface area contributed by atoms with E-state index in [0.29, 0.717) is 36.8 Å². The molecule has 1 aromatic heterocycles. The summed E-state index contributed by atoms with van der Waals surface area (Å²) < 4.78 is 31.2. The van der Waals surface area contributed by atoms with Gasteiger partial charge in [-0.3, -0.25) is 4.90 Å². The van der Waals surface area contributed by atoms with Crippen LogP contribution in [0.4, 0.5) is 0 Å². The maximum atomic E-state index is 14.0. The number of benzene rings is 3. The van der Waals surface area contributed by atoms with Gasteiger partial charge in [-0.05, 0) is 23.3 Å². The Labute approximate surface area is 220 Å². The van der Waals surface area contributed by atoms with E-state index >= 15 is 0 Å². The van der Waals surface area contributed by atoms with Crippen molar-refractivity contribution in [2.24, 2.45) is 0 Å². The summed E-state index contributed by atoms with van der Waals surface area (Å²) in [5.74, 6) is 0. The Hall–Kier alpha value is -3.26. The van der Waals surface area contributed by atoms with Gasteiger partial charge in [-0.15, -0.1) is 0 Å². The quantitative estimate of drug-likeness (QED) is 0.352. The minimum absolute atomic E-state index is 0.0817. The molecular weight excluding hydrogens is 480 g/mol. The van der Waals surface area contributed by atoms with Crippen LogP contribution in [-0.2, 0) is 15.4 Å². The Morgan fingerprint density at radius 2 is 1.22 bits per heavy atom. The fraction of sp³-hybridized carbons (Fsp3) is 0.300. The fourth-order valence-corrected chi connectivity index (χ4v) is 6.75. The summed E-state index contributed by atoms with van der Waals surface area (Å²) in [5.41, 5.74) is 3.43. The van der Waals surface area contributed by atoms with Crippen LogP contribution in [0.2, 0.25) is 0 Å². The molecule has 0 unspecified atom stereocenters. The molecule has 4 aromatic rings. The molecule has 192 valence electrons. The molecule has 37 heavy (non-hydrogen) atoms. The van der Waals surface area contributed by atoms with Crippen LogP contribution >= 0.6 is 0 Å². The third-order valence-corrected chi connectivity index (χ3v) is 8.80. The third kappa shape index (κ3) is 5.25. The molecule has 3 aromatic carbocycles. The molecule has 0 radical (unpaired) electrons. The third-order valence-electron chi connectivity index (χ3n) is 6.90. The highest BCUT2D eigenvalue weighted by Gasteiger charge is 2.37. The molecule has 0 spiro atoms. The molecule has 1 saturated heterocycles. The molecule has 7 heteroatoms. The zero-order valence-corrected chi connectivity index (χ0v) is 22.5. The zero-order valence-electron chi connectivity index (χ0n) is 21.7. The van der Waals surface area contributed by atoms with Gasteiger partial charge in [0.1, 0.15) is 4.90 Å². The fourth-order valence-electron chi connectivity index (χ4n) is 5.01. The number of hydrogen-bond donors (Lipinski definition) is 0. The maximum Gasteiger partial charge on any atom is 0.246 e. The summed E-state index contributed by atoms with van der Waals surface area (Å²) in [6.45, 7) is 8.16. The van der Waals surface area contributed by atoms with E-state index in [-0.39, 0.29) is 6.04 Å².